The molecular weight excluding hydrogens is 236 g/mol. The van der Waals surface area contributed by atoms with Crippen molar-refractivity contribution in [3.05, 3.63) is 47.7 Å². The lowest BCUT2D eigenvalue weighted by Gasteiger charge is -2.08. The molecule has 0 saturated carbocycles. The van der Waals surface area contributed by atoms with E-state index in [2.05, 4.69) is 10.3 Å². The van der Waals surface area contributed by atoms with Crippen molar-refractivity contribution in [1.82, 2.24) is 5.32 Å². The monoisotopic (exact) mass is 248 g/mol. The predicted octanol–water partition coefficient (Wildman–Crippen LogP) is 2.09. The Labute approximate surface area is 103 Å². The third-order valence-corrected chi connectivity index (χ3v) is 3.24. The molecule has 0 radical (unpaired) electrons. The van der Waals surface area contributed by atoms with Gasteiger partial charge in [0, 0.05) is 12.0 Å². The van der Waals surface area contributed by atoms with Gasteiger partial charge in [-0.3, -0.25) is 4.99 Å². The highest BCUT2D eigenvalue weighted by Crippen LogP contribution is 2.14. The fourth-order valence-corrected chi connectivity index (χ4v) is 2.16. The molecule has 0 bridgehead atoms. The number of rotatable bonds is 3. The van der Waals surface area contributed by atoms with Crippen LogP contribution in [0.3, 0.4) is 0 Å². The maximum absolute atomic E-state index is 10.7. The Kier molecular flexibility index (Phi) is 3.82. The van der Waals surface area contributed by atoms with Crippen LogP contribution in [-0.4, -0.2) is 22.8 Å². The minimum Gasteiger partial charge on any atom is -0.478 e. The number of aliphatic imine (C=N–C) groups is 1. The summed E-state index contributed by atoms with van der Waals surface area (Å²) in [6.07, 6.45) is 3.83. The third-order valence-electron chi connectivity index (χ3n) is 2.24. The van der Waals surface area contributed by atoms with Gasteiger partial charge < -0.3 is 10.4 Å². The molecular formula is C12H12N2O2S. The molecule has 17 heavy (non-hydrogen) atoms. The van der Waals surface area contributed by atoms with Crippen LogP contribution in [0.15, 0.2) is 41.5 Å². The van der Waals surface area contributed by atoms with Gasteiger partial charge >= 0.3 is 5.97 Å². The summed E-state index contributed by atoms with van der Waals surface area (Å²) in [6, 6.07) is 6.90. The summed E-state index contributed by atoms with van der Waals surface area (Å²) in [5, 5.41) is 12.7. The van der Waals surface area contributed by atoms with Crippen LogP contribution in [-0.2, 0) is 5.75 Å². The number of hydrogen-bond donors (Lipinski definition) is 2. The van der Waals surface area contributed by atoms with E-state index in [-0.39, 0.29) is 0 Å². The van der Waals surface area contributed by atoms with Crippen LogP contribution >= 0.6 is 11.8 Å². The summed E-state index contributed by atoms with van der Waals surface area (Å²) in [7, 11) is 0. The molecule has 88 valence electrons. The first kappa shape index (κ1) is 11.7. The number of amidine groups is 1. The Bertz CT molecular complexity index is 466. The van der Waals surface area contributed by atoms with Crippen molar-refractivity contribution in [2.45, 2.75) is 5.75 Å². The largest absolute Gasteiger partial charge is 0.478 e. The van der Waals surface area contributed by atoms with Crippen molar-refractivity contribution < 1.29 is 9.90 Å². The van der Waals surface area contributed by atoms with Crippen LogP contribution in [0.5, 0.6) is 0 Å². The van der Waals surface area contributed by atoms with Gasteiger partial charge in [0.05, 0.1) is 12.1 Å². The second kappa shape index (κ2) is 5.54. The van der Waals surface area contributed by atoms with Crippen molar-refractivity contribution in [3.8, 4) is 0 Å². The van der Waals surface area contributed by atoms with Gasteiger partial charge in [0.1, 0.15) is 0 Å². The first-order valence-electron chi connectivity index (χ1n) is 5.17. The zero-order valence-electron chi connectivity index (χ0n) is 9.09. The number of carbonyl (C=O) groups is 1. The van der Waals surface area contributed by atoms with Gasteiger partial charge in [0.25, 0.3) is 0 Å². The normalized spacial score (nSPS) is 14.0. The molecule has 0 atom stereocenters. The molecule has 0 aromatic heterocycles. The number of nitrogens with zero attached hydrogens (tertiary/aromatic N) is 1. The average Bonchev–Trinajstić information content (AvgIpc) is 2.38. The van der Waals surface area contributed by atoms with Crippen LogP contribution in [0.1, 0.15) is 15.9 Å². The fourth-order valence-electron chi connectivity index (χ4n) is 1.35. The molecule has 1 aliphatic heterocycles. The van der Waals surface area contributed by atoms with Gasteiger partial charge in [0.2, 0.25) is 0 Å². The smallest absolute Gasteiger partial charge is 0.335 e. The van der Waals surface area contributed by atoms with E-state index in [0.29, 0.717) is 12.1 Å². The zero-order valence-corrected chi connectivity index (χ0v) is 9.91. The van der Waals surface area contributed by atoms with E-state index in [1.807, 2.05) is 24.4 Å². The van der Waals surface area contributed by atoms with Gasteiger partial charge in [0.15, 0.2) is 5.17 Å². The van der Waals surface area contributed by atoms with Crippen molar-refractivity contribution >= 4 is 22.9 Å². The fraction of sp³-hybridized carbons (Fsp3) is 0.167. The molecule has 4 nitrogen and oxygen atoms in total. The Morgan fingerprint density at radius 2 is 2.18 bits per heavy atom. The van der Waals surface area contributed by atoms with E-state index in [1.165, 1.54) is 0 Å². The Morgan fingerprint density at radius 3 is 2.76 bits per heavy atom. The molecule has 0 spiro atoms. The van der Waals surface area contributed by atoms with Gasteiger partial charge in [-0.15, -0.1) is 0 Å². The Balaban J connectivity index is 1.91. The first-order valence-corrected chi connectivity index (χ1v) is 6.15. The van der Waals surface area contributed by atoms with Crippen LogP contribution in [0, 0.1) is 0 Å². The second-order valence-electron chi connectivity index (χ2n) is 3.48. The molecule has 1 aromatic carbocycles. The van der Waals surface area contributed by atoms with Gasteiger partial charge in [-0.25, -0.2) is 4.79 Å². The molecule has 2 N–H and O–H groups in total. The summed E-state index contributed by atoms with van der Waals surface area (Å²) < 4.78 is 0. The average molecular weight is 248 g/mol. The molecule has 0 amide bonds. The third kappa shape index (κ3) is 3.35. The maximum Gasteiger partial charge on any atom is 0.335 e. The van der Waals surface area contributed by atoms with Crippen molar-refractivity contribution in [2.24, 2.45) is 4.99 Å². The summed E-state index contributed by atoms with van der Waals surface area (Å²) in [4.78, 5) is 15.0. The summed E-state index contributed by atoms with van der Waals surface area (Å²) in [6.45, 7) is 0.716. The number of nitrogens with one attached hydrogen (secondary N) is 1. The maximum atomic E-state index is 10.7. The zero-order chi connectivity index (χ0) is 12.1. The van der Waals surface area contributed by atoms with E-state index < -0.39 is 5.97 Å². The molecule has 0 saturated heterocycles. The number of thioether (sulfide) groups is 1. The molecule has 0 unspecified atom stereocenters. The predicted molar refractivity (Wildman–Crippen MR) is 69.3 cm³/mol. The number of hydrogen-bond acceptors (Lipinski definition) is 4. The minimum atomic E-state index is -0.896. The minimum absolute atomic E-state index is 0.315. The lowest BCUT2D eigenvalue weighted by molar-refractivity contribution is 0.0697. The lowest BCUT2D eigenvalue weighted by atomic mass is 10.1. The van der Waals surface area contributed by atoms with Crippen molar-refractivity contribution in [2.75, 3.05) is 6.54 Å². The molecule has 1 heterocycles. The van der Waals surface area contributed by atoms with Crippen LogP contribution < -0.4 is 5.32 Å². The summed E-state index contributed by atoms with van der Waals surface area (Å²) >= 11 is 1.60. The number of carboxylic acid groups (broad SMARTS) is 1. The van der Waals surface area contributed by atoms with Crippen LogP contribution in [0.25, 0.3) is 0 Å². The number of benzene rings is 1. The standard InChI is InChI=1S/C12H12N2O2S/c15-11(16)10-4-2-9(3-5-10)8-17-12-13-6-1-7-14-12/h1-6H,7-8H2,(H,13,14)(H,15,16). The van der Waals surface area contributed by atoms with Gasteiger partial charge in [-0.05, 0) is 23.8 Å². The van der Waals surface area contributed by atoms with Gasteiger partial charge in [-0.1, -0.05) is 23.9 Å². The highest BCUT2D eigenvalue weighted by atomic mass is 32.2. The molecule has 2 rings (SSSR count). The van der Waals surface area contributed by atoms with Crippen molar-refractivity contribution in [1.29, 1.82) is 0 Å². The summed E-state index contributed by atoms with van der Waals surface area (Å²) in [5.74, 6) is -0.118. The highest BCUT2D eigenvalue weighted by Gasteiger charge is 2.04. The second-order valence-corrected chi connectivity index (χ2v) is 4.45. The topological polar surface area (TPSA) is 61.7 Å². The quantitative estimate of drug-likeness (QED) is 0.859. The molecule has 5 heteroatoms. The molecule has 0 aliphatic carbocycles. The first-order chi connectivity index (χ1) is 8.25. The lowest BCUT2D eigenvalue weighted by Crippen LogP contribution is -2.17. The Morgan fingerprint density at radius 1 is 1.41 bits per heavy atom. The highest BCUT2D eigenvalue weighted by molar-refractivity contribution is 8.13. The van der Waals surface area contributed by atoms with E-state index in [9.17, 15) is 4.79 Å². The van der Waals surface area contributed by atoms with Crippen LogP contribution in [0.4, 0.5) is 0 Å². The molecule has 1 aromatic rings. The van der Waals surface area contributed by atoms with E-state index in [4.69, 9.17) is 5.11 Å². The SMILES string of the molecule is O=C(O)c1ccc(CSC2=NCC=CN2)cc1. The molecule has 0 fully saturated rings. The van der Waals surface area contributed by atoms with E-state index in [0.717, 1.165) is 16.5 Å². The Hall–Kier alpha value is -1.75. The van der Waals surface area contributed by atoms with Crippen molar-refractivity contribution in [3.63, 3.8) is 0 Å². The summed E-state index contributed by atoms with van der Waals surface area (Å²) in [5.41, 5.74) is 1.40. The number of carboxylic acids is 1. The van der Waals surface area contributed by atoms with E-state index >= 15 is 0 Å². The number of aromatic carboxylic acids is 1. The van der Waals surface area contributed by atoms with Crippen LogP contribution in [0.2, 0.25) is 0 Å². The van der Waals surface area contributed by atoms with Gasteiger partial charge in [-0.2, -0.15) is 0 Å². The van der Waals surface area contributed by atoms with E-state index in [1.54, 1.807) is 23.9 Å². The molecule has 1 aliphatic rings.